The van der Waals surface area contributed by atoms with Crippen LogP contribution in [-0.2, 0) is 6.61 Å². The number of ketones is 1. The van der Waals surface area contributed by atoms with Crippen LogP contribution in [0.5, 0.6) is 17.2 Å². The summed E-state index contributed by atoms with van der Waals surface area (Å²) >= 11 is 0. The standard InChI is InChI=1S/C23H20O4/c1-26-20-12-13-21(23(25)15-20)22(24)14-9-17-7-10-19(11-8-17)27-16-18-5-3-2-4-6-18/h2-15,25H,16H2,1H3. The Balaban J connectivity index is 1.61. The molecule has 27 heavy (non-hydrogen) atoms. The summed E-state index contributed by atoms with van der Waals surface area (Å²) in [6.45, 7) is 0.505. The van der Waals surface area contributed by atoms with Gasteiger partial charge >= 0.3 is 0 Å². The summed E-state index contributed by atoms with van der Waals surface area (Å²) in [7, 11) is 1.50. The molecule has 0 saturated heterocycles. The average Bonchev–Trinajstić information content (AvgIpc) is 2.72. The van der Waals surface area contributed by atoms with Gasteiger partial charge in [-0.25, -0.2) is 0 Å². The Morgan fingerprint density at radius 1 is 0.963 bits per heavy atom. The molecular formula is C23H20O4. The van der Waals surface area contributed by atoms with E-state index in [0.29, 0.717) is 12.4 Å². The number of carbonyl (C=O) groups is 1. The number of allylic oxidation sites excluding steroid dienone is 1. The molecule has 4 heteroatoms. The third kappa shape index (κ3) is 4.98. The predicted octanol–water partition coefficient (Wildman–Crippen LogP) is 4.88. The SMILES string of the molecule is COc1ccc(C(=O)C=Cc2ccc(OCc3ccccc3)cc2)c(O)c1. The van der Waals surface area contributed by atoms with Crippen LogP contribution in [0.3, 0.4) is 0 Å². The van der Waals surface area contributed by atoms with Crippen molar-refractivity contribution >= 4 is 11.9 Å². The lowest BCUT2D eigenvalue weighted by Crippen LogP contribution is -1.96. The fourth-order valence-corrected chi connectivity index (χ4v) is 2.52. The normalized spacial score (nSPS) is 10.7. The molecule has 3 rings (SSSR count). The predicted molar refractivity (Wildman–Crippen MR) is 105 cm³/mol. The van der Waals surface area contributed by atoms with Gasteiger partial charge in [0, 0.05) is 6.07 Å². The fraction of sp³-hybridized carbons (Fsp3) is 0.0870. The third-order valence-corrected chi connectivity index (χ3v) is 4.03. The molecule has 0 unspecified atom stereocenters. The van der Waals surface area contributed by atoms with Gasteiger partial charge in [-0.05, 0) is 41.5 Å². The molecule has 4 nitrogen and oxygen atoms in total. The summed E-state index contributed by atoms with van der Waals surface area (Å²) in [6.07, 6.45) is 3.13. The molecule has 0 fully saturated rings. The van der Waals surface area contributed by atoms with Crippen LogP contribution in [0.4, 0.5) is 0 Å². The van der Waals surface area contributed by atoms with Crippen LogP contribution in [0.1, 0.15) is 21.5 Å². The number of methoxy groups -OCH3 is 1. The maximum Gasteiger partial charge on any atom is 0.189 e. The second-order valence-electron chi connectivity index (χ2n) is 5.92. The summed E-state index contributed by atoms with van der Waals surface area (Å²) in [5.41, 5.74) is 2.20. The highest BCUT2D eigenvalue weighted by Crippen LogP contribution is 2.24. The topological polar surface area (TPSA) is 55.8 Å². The zero-order chi connectivity index (χ0) is 19.1. The molecule has 0 atom stereocenters. The lowest BCUT2D eigenvalue weighted by Gasteiger charge is -2.06. The number of phenols is 1. The summed E-state index contributed by atoms with van der Waals surface area (Å²) < 4.78 is 10.8. The van der Waals surface area contributed by atoms with E-state index in [-0.39, 0.29) is 17.1 Å². The van der Waals surface area contributed by atoms with Gasteiger partial charge in [0.15, 0.2) is 5.78 Å². The maximum absolute atomic E-state index is 12.3. The van der Waals surface area contributed by atoms with Crippen LogP contribution in [0.25, 0.3) is 6.08 Å². The first-order chi connectivity index (χ1) is 13.2. The largest absolute Gasteiger partial charge is 0.507 e. The molecule has 0 aliphatic carbocycles. The van der Waals surface area contributed by atoms with E-state index in [1.807, 2.05) is 54.6 Å². The number of rotatable bonds is 7. The van der Waals surface area contributed by atoms with Gasteiger partial charge < -0.3 is 14.6 Å². The van der Waals surface area contributed by atoms with Crippen molar-refractivity contribution in [2.24, 2.45) is 0 Å². The Labute approximate surface area is 158 Å². The number of carbonyl (C=O) groups excluding carboxylic acids is 1. The van der Waals surface area contributed by atoms with Crippen molar-refractivity contribution in [3.05, 3.63) is 95.6 Å². The number of benzene rings is 3. The zero-order valence-electron chi connectivity index (χ0n) is 15.0. The van der Waals surface area contributed by atoms with Gasteiger partial charge in [0.05, 0.1) is 12.7 Å². The van der Waals surface area contributed by atoms with Crippen LogP contribution in [0, 0.1) is 0 Å². The molecule has 0 spiro atoms. The second kappa shape index (κ2) is 8.72. The minimum atomic E-state index is -0.278. The van der Waals surface area contributed by atoms with Crippen LogP contribution in [-0.4, -0.2) is 18.0 Å². The van der Waals surface area contributed by atoms with Crippen LogP contribution >= 0.6 is 0 Å². The van der Waals surface area contributed by atoms with Crippen molar-refractivity contribution in [3.8, 4) is 17.2 Å². The molecule has 0 bridgehead atoms. The van der Waals surface area contributed by atoms with Crippen LogP contribution in [0.15, 0.2) is 78.9 Å². The van der Waals surface area contributed by atoms with Crippen molar-refractivity contribution in [2.45, 2.75) is 6.61 Å². The van der Waals surface area contributed by atoms with Crippen molar-refractivity contribution in [2.75, 3.05) is 7.11 Å². The lowest BCUT2D eigenvalue weighted by molar-refractivity contribution is 0.104. The number of phenolic OH excluding ortho intramolecular Hbond substituents is 1. The molecule has 0 amide bonds. The molecule has 3 aromatic carbocycles. The summed E-state index contributed by atoms with van der Waals surface area (Å²) in [6, 6.07) is 22.0. The van der Waals surface area contributed by atoms with Gasteiger partial charge in [-0.2, -0.15) is 0 Å². The van der Waals surface area contributed by atoms with Crippen molar-refractivity contribution in [3.63, 3.8) is 0 Å². The molecule has 136 valence electrons. The average molecular weight is 360 g/mol. The van der Waals surface area contributed by atoms with E-state index >= 15 is 0 Å². The zero-order valence-corrected chi connectivity index (χ0v) is 15.0. The van der Waals surface area contributed by atoms with Gasteiger partial charge in [0.2, 0.25) is 0 Å². The molecule has 0 aliphatic heterocycles. The van der Waals surface area contributed by atoms with Crippen molar-refractivity contribution in [1.82, 2.24) is 0 Å². The third-order valence-electron chi connectivity index (χ3n) is 4.03. The Morgan fingerprint density at radius 3 is 2.33 bits per heavy atom. The number of hydrogen-bond acceptors (Lipinski definition) is 4. The molecule has 0 heterocycles. The first-order valence-corrected chi connectivity index (χ1v) is 8.52. The van der Waals surface area contributed by atoms with Gasteiger partial charge in [-0.15, -0.1) is 0 Å². The Hall–Kier alpha value is -3.53. The second-order valence-corrected chi connectivity index (χ2v) is 5.92. The highest BCUT2D eigenvalue weighted by atomic mass is 16.5. The van der Waals surface area contributed by atoms with E-state index in [0.717, 1.165) is 16.9 Å². The molecule has 0 radical (unpaired) electrons. The Morgan fingerprint density at radius 2 is 1.67 bits per heavy atom. The maximum atomic E-state index is 12.3. The van der Waals surface area contributed by atoms with Gasteiger partial charge in [0.25, 0.3) is 0 Å². The minimum Gasteiger partial charge on any atom is -0.507 e. The van der Waals surface area contributed by atoms with Crippen LogP contribution < -0.4 is 9.47 Å². The Kier molecular flexibility index (Phi) is 5.90. The van der Waals surface area contributed by atoms with E-state index in [9.17, 15) is 9.90 Å². The first-order valence-electron chi connectivity index (χ1n) is 8.52. The van der Waals surface area contributed by atoms with Gasteiger partial charge in [-0.1, -0.05) is 48.5 Å². The number of aromatic hydroxyl groups is 1. The van der Waals surface area contributed by atoms with Crippen molar-refractivity contribution < 1.29 is 19.4 Å². The fourth-order valence-electron chi connectivity index (χ4n) is 2.52. The molecule has 1 N–H and O–H groups in total. The van der Waals surface area contributed by atoms with E-state index in [4.69, 9.17) is 9.47 Å². The summed E-state index contributed by atoms with van der Waals surface area (Å²) in [5.74, 6) is 0.877. The quantitative estimate of drug-likeness (QED) is 0.482. The molecule has 3 aromatic rings. The molecule has 0 aromatic heterocycles. The smallest absolute Gasteiger partial charge is 0.189 e. The number of hydrogen-bond donors (Lipinski definition) is 1. The van der Waals surface area contributed by atoms with Crippen molar-refractivity contribution in [1.29, 1.82) is 0 Å². The van der Waals surface area contributed by atoms with E-state index < -0.39 is 0 Å². The van der Waals surface area contributed by atoms with E-state index in [2.05, 4.69) is 0 Å². The monoisotopic (exact) mass is 360 g/mol. The van der Waals surface area contributed by atoms with Crippen LogP contribution in [0.2, 0.25) is 0 Å². The molecule has 0 saturated carbocycles. The summed E-state index contributed by atoms with van der Waals surface area (Å²) in [4.78, 5) is 12.3. The highest BCUT2D eigenvalue weighted by Gasteiger charge is 2.09. The highest BCUT2D eigenvalue weighted by molar-refractivity contribution is 6.08. The minimum absolute atomic E-state index is 0.103. The van der Waals surface area contributed by atoms with E-state index in [1.165, 1.54) is 19.3 Å². The summed E-state index contributed by atoms with van der Waals surface area (Å²) in [5, 5.41) is 9.93. The Bertz CT molecular complexity index is 928. The number of ether oxygens (including phenoxy) is 2. The van der Waals surface area contributed by atoms with Gasteiger partial charge in [0.1, 0.15) is 23.9 Å². The first kappa shape index (κ1) is 18.3. The molecule has 0 aliphatic rings. The molecular weight excluding hydrogens is 340 g/mol. The van der Waals surface area contributed by atoms with Gasteiger partial charge in [-0.3, -0.25) is 4.79 Å². The van der Waals surface area contributed by atoms with E-state index in [1.54, 1.807) is 18.2 Å². The lowest BCUT2D eigenvalue weighted by atomic mass is 10.1.